The first kappa shape index (κ1) is 17.6. The molecule has 1 aromatic rings. The highest BCUT2D eigenvalue weighted by Gasteiger charge is 2.39. The molecule has 2 saturated carbocycles. The van der Waals surface area contributed by atoms with Gasteiger partial charge in [0.05, 0.1) is 0 Å². The smallest absolute Gasteiger partial charge is 0.191 e. The summed E-state index contributed by atoms with van der Waals surface area (Å²) in [7, 11) is 0. The highest BCUT2D eigenvalue weighted by atomic mass is 127. The number of nitrogens with one attached hydrogen (secondary N) is 2. The maximum Gasteiger partial charge on any atom is 0.191 e. The molecule has 0 bridgehead atoms. The van der Waals surface area contributed by atoms with Crippen LogP contribution in [0, 0.1) is 6.92 Å². The Morgan fingerprint density at radius 2 is 1.91 bits per heavy atom. The van der Waals surface area contributed by atoms with Crippen LogP contribution in [0.3, 0.4) is 0 Å². The average molecular weight is 413 g/mol. The summed E-state index contributed by atoms with van der Waals surface area (Å²) in [6.07, 6.45) is 6.51. The first-order chi connectivity index (χ1) is 10.3. The Labute approximate surface area is 151 Å². The summed E-state index contributed by atoms with van der Waals surface area (Å²) in [5.41, 5.74) is 2.90. The summed E-state index contributed by atoms with van der Waals surface area (Å²) >= 11 is 0. The topological polar surface area (TPSA) is 36.4 Å². The molecule has 0 aliphatic heterocycles. The van der Waals surface area contributed by atoms with Crippen molar-refractivity contribution in [3.63, 3.8) is 0 Å². The largest absolute Gasteiger partial charge is 0.354 e. The first-order valence-electron chi connectivity index (χ1n) is 8.41. The summed E-state index contributed by atoms with van der Waals surface area (Å²) in [6, 6.07) is 9.92. The van der Waals surface area contributed by atoms with Crippen LogP contribution < -0.4 is 10.6 Å². The van der Waals surface area contributed by atoms with E-state index < -0.39 is 0 Å². The molecule has 0 spiro atoms. The summed E-state index contributed by atoms with van der Waals surface area (Å²) in [6.45, 7) is 5.15. The molecule has 22 heavy (non-hydrogen) atoms. The fraction of sp³-hybridized carbons (Fsp3) is 0.611. The molecular weight excluding hydrogens is 385 g/mol. The lowest BCUT2D eigenvalue weighted by molar-refractivity contribution is 0.610. The lowest BCUT2D eigenvalue weighted by atomic mass is 10.0. The van der Waals surface area contributed by atoms with Crippen molar-refractivity contribution in [1.29, 1.82) is 0 Å². The van der Waals surface area contributed by atoms with Crippen molar-refractivity contribution in [3.05, 3.63) is 35.4 Å². The lowest BCUT2D eigenvalue weighted by Crippen LogP contribution is -2.43. The molecule has 2 atom stereocenters. The lowest BCUT2D eigenvalue weighted by Gasteiger charge is -2.17. The van der Waals surface area contributed by atoms with E-state index in [2.05, 4.69) is 53.7 Å². The van der Waals surface area contributed by atoms with Crippen LogP contribution in [0.5, 0.6) is 0 Å². The highest BCUT2D eigenvalue weighted by Crippen LogP contribution is 2.42. The molecule has 3 rings (SSSR count). The van der Waals surface area contributed by atoms with Gasteiger partial charge in [-0.2, -0.15) is 0 Å². The Morgan fingerprint density at radius 3 is 2.59 bits per heavy atom. The summed E-state index contributed by atoms with van der Waals surface area (Å²) in [5.74, 6) is 1.67. The zero-order valence-electron chi connectivity index (χ0n) is 13.6. The molecule has 0 saturated heterocycles. The van der Waals surface area contributed by atoms with Crippen LogP contribution >= 0.6 is 24.0 Å². The van der Waals surface area contributed by atoms with E-state index in [9.17, 15) is 0 Å². The van der Waals surface area contributed by atoms with Crippen LogP contribution in [0.2, 0.25) is 0 Å². The van der Waals surface area contributed by atoms with Crippen LogP contribution in [-0.4, -0.2) is 24.6 Å². The zero-order chi connectivity index (χ0) is 14.7. The monoisotopic (exact) mass is 413 g/mol. The number of hydrogen-bond donors (Lipinski definition) is 2. The van der Waals surface area contributed by atoms with E-state index in [-0.39, 0.29) is 24.0 Å². The molecule has 0 aromatic heterocycles. The van der Waals surface area contributed by atoms with E-state index in [1.807, 2.05) is 0 Å². The molecule has 2 fully saturated rings. The minimum absolute atomic E-state index is 0. The second-order valence-corrected chi connectivity index (χ2v) is 6.40. The van der Waals surface area contributed by atoms with Gasteiger partial charge in [0.25, 0.3) is 0 Å². The Bertz CT molecular complexity index is 509. The van der Waals surface area contributed by atoms with Crippen molar-refractivity contribution in [2.24, 2.45) is 4.99 Å². The Kier molecular flexibility index (Phi) is 6.53. The van der Waals surface area contributed by atoms with Crippen LogP contribution in [0.1, 0.15) is 56.1 Å². The van der Waals surface area contributed by atoms with Crippen LogP contribution in [-0.2, 0) is 0 Å². The molecule has 4 heteroatoms. The normalized spacial score (nSPS) is 24.7. The molecule has 2 aliphatic rings. The fourth-order valence-corrected chi connectivity index (χ4v) is 3.43. The molecule has 0 heterocycles. The first-order valence-corrected chi connectivity index (χ1v) is 8.41. The van der Waals surface area contributed by atoms with E-state index in [0.29, 0.717) is 18.0 Å². The quantitative estimate of drug-likeness (QED) is 0.445. The van der Waals surface area contributed by atoms with Gasteiger partial charge in [0.2, 0.25) is 0 Å². The second kappa shape index (κ2) is 8.18. The van der Waals surface area contributed by atoms with Crippen molar-refractivity contribution in [1.82, 2.24) is 10.6 Å². The van der Waals surface area contributed by atoms with Gasteiger partial charge in [-0.3, -0.25) is 4.99 Å². The van der Waals surface area contributed by atoms with Crippen LogP contribution in [0.4, 0.5) is 0 Å². The summed E-state index contributed by atoms with van der Waals surface area (Å²) < 4.78 is 0. The van der Waals surface area contributed by atoms with Gasteiger partial charge in [0.15, 0.2) is 5.96 Å². The van der Waals surface area contributed by atoms with Gasteiger partial charge < -0.3 is 10.6 Å². The Balaban J connectivity index is 0.00000176. The summed E-state index contributed by atoms with van der Waals surface area (Å²) in [4.78, 5) is 4.61. The van der Waals surface area contributed by atoms with Crippen molar-refractivity contribution in [3.8, 4) is 0 Å². The SMILES string of the molecule is CCN=C(NC1CCCC1)NC1CC1c1ccccc1C.I. The van der Waals surface area contributed by atoms with E-state index in [4.69, 9.17) is 0 Å². The molecule has 0 amide bonds. The average Bonchev–Trinajstić information content (AvgIpc) is 3.03. The van der Waals surface area contributed by atoms with Gasteiger partial charge in [0.1, 0.15) is 0 Å². The van der Waals surface area contributed by atoms with Gasteiger partial charge >= 0.3 is 0 Å². The Hall–Kier alpha value is -0.780. The van der Waals surface area contributed by atoms with E-state index in [1.54, 1.807) is 0 Å². The minimum Gasteiger partial charge on any atom is -0.354 e. The maximum absolute atomic E-state index is 4.61. The molecule has 2 aliphatic carbocycles. The molecule has 3 nitrogen and oxygen atoms in total. The molecule has 122 valence electrons. The zero-order valence-corrected chi connectivity index (χ0v) is 16.0. The van der Waals surface area contributed by atoms with Crippen molar-refractivity contribution >= 4 is 29.9 Å². The minimum atomic E-state index is 0. The third kappa shape index (κ3) is 4.37. The number of guanidine groups is 1. The summed E-state index contributed by atoms with van der Waals surface area (Å²) in [5, 5.41) is 7.25. The second-order valence-electron chi connectivity index (χ2n) is 6.40. The molecule has 0 radical (unpaired) electrons. The number of hydrogen-bond acceptors (Lipinski definition) is 1. The van der Waals surface area contributed by atoms with E-state index in [0.717, 1.165) is 12.5 Å². The van der Waals surface area contributed by atoms with Crippen molar-refractivity contribution < 1.29 is 0 Å². The molecule has 2 N–H and O–H groups in total. The predicted octanol–water partition coefficient (Wildman–Crippen LogP) is 3.97. The Morgan fingerprint density at radius 1 is 1.18 bits per heavy atom. The van der Waals surface area contributed by atoms with Crippen LogP contribution in [0.15, 0.2) is 29.3 Å². The molecule has 2 unspecified atom stereocenters. The third-order valence-electron chi connectivity index (χ3n) is 4.71. The standard InChI is InChI=1S/C18H27N3.HI/c1-3-19-18(20-14-9-5-6-10-14)21-17-12-16(17)15-11-7-4-8-13(15)2;/h4,7-8,11,14,16-17H,3,5-6,9-10,12H2,1-2H3,(H2,19,20,21);1H. The van der Waals surface area contributed by atoms with Gasteiger partial charge in [-0.05, 0) is 44.2 Å². The number of aliphatic imine (C=N–C) groups is 1. The van der Waals surface area contributed by atoms with Crippen molar-refractivity contribution in [2.75, 3.05) is 6.54 Å². The highest BCUT2D eigenvalue weighted by molar-refractivity contribution is 14.0. The fourth-order valence-electron chi connectivity index (χ4n) is 3.43. The number of halogens is 1. The number of aryl methyl sites for hydroxylation is 1. The number of rotatable bonds is 4. The van der Waals surface area contributed by atoms with Crippen molar-refractivity contribution in [2.45, 2.75) is 64.0 Å². The van der Waals surface area contributed by atoms with Gasteiger partial charge in [-0.25, -0.2) is 0 Å². The van der Waals surface area contributed by atoms with Gasteiger partial charge in [-0.1, -0.05) is 37.1 Å². The number of nitrogens with zero attached hydrogens (tertiary/aromatic N) is 1. The predicted molar refractivity (Wildman–Crippen MR) is 104 cm³/mol. The van der Waals surface area contributed by atoms with E-state index >= 15 is 0 Å². The van der Waals surface area contributed by atoms with Gasteiger partial charge in [0, 0.05) is 24.5 Å². The number of benzene rings is 1. The van der Waals surface area contributed by atoms with Gasteiger partial charge in [-0.15, -0.1) is 24.0 Å². The molecular formula is C18H28IN3. The molecule has 1 aromatic carbocycles. The van der Waals surface area contributed by atoms with E-state index in [1.165, 1.54) is 43.2 Å². The maximum atomic E-state index is 4.61. The van der Waals surface area contributed by atoms with Crippen LogP contribution in [0.25, 0.3) is 0 Å². The third-order valence-corrected chi connectivity index (χ3v) is 4.71.